The second-order valence-electron chi connectivity index (χ2n) is 2.53. The van der Waals surface area contributed by atoms with E-state index < -0.39 is 0 Å². The number of benzene rings is 1. The quantitative estimate of drug-likeness (QED) is 0.549. The Labute approximate surface area is 86.9 Å². The molecule has 0 unspecified atom stereocenters. The number of hydrogen-bond acceptors (Lipinski definition) is 2. The molecule has 3 heteroatoms. The van der Waals surface area contributed by atoms with Crippen LogP contribution >= 0.6 is 11.6 Å². The molecule has 0 amide bonds. The van der Waals surface area contributed by atoms with Crippen molar-refractivity contribution in [3.8, 4) is 11.8 Å². The number of carbonyl (C=O) groups excluding carboxylic acids is 2. The molecule has 1 rings (SSSR count). The molecule has 0 saturated heterocycles. The first-order valence-electron chi connectivity index (χ1n) is 3.95. The number of aldehydes is 2. The van der Waals surface area contributed by atoms with Crippen molar-refractivity contribution in [3.63, 3.8) is 0 Å². The lowest BCUT2D eigenvalue weighted by Gasteiger charge is -1.95. The molecule has 2 nitrogen and oxygen atoms in total. The van der Waals surface area contributed by atoms with Crippen molar-refractivity contribution in [1.82, 2.24) is 0 Å². The van der Waals surface area contributed by atoms with E-state index in [2.05, 4.69) is 11.8 Å². The molecule has 1 aromatic rings. The summed E-state index contributed by atoms with van der Waals surface area (Å²) in [5, 5.41) is 0.404. The van der Waals surface area contributed by atoms with E-state index in [0.29, 0.717) is 22.4 Å². The van der Waals surface area contributed by atoms with Gasteiger partial charge in [0.1, 0.15) is 6.29 Å². The Morgan fingerprint density at radius 3 is 2.79 bits per heavy atom. The van der Waals surface area contributed by atoms with Gasteiger partial charge in [0, 0.05) is 11.1 Å². The van der Waals surface area contributed by atoms with Crippen molar-refractivity contribution in [3.05, 3.63) is 34.3 Å². The SMILES string of the molecule is O=CCC#Cc1ccc(Cl)c(C=O)c1. The molecule has 0 aromatic heterocycles. The van der Waals surface area contributed by atoms with Crippen LogP contribution in [0.3, 0.4) is 0 Å². The molecule has 70 valence electrons. The zero-order chi connectivity index (χ0) is 10.4. The Bertz CT molecular complexity index is 413. The van der Waals surface area contributed by atoms with Gasteiger partial charge in [0.05, 0.1) is 11.4 Å². The number of rotatable bonds is 2. The summed E-state index contributed by atoms with van der Waals surface area (Å²) in [6.07, 6.45) is 1.59. The van der Waals surface area contributed by atoms with Gasteiger partial charge in [0.25, 0.3) is 0 Å². The van der Waals surface area contributed by atoms with E-state index >= 15 is 0 Å². The molecule has 0 heterocycles. The van der Waals surface area contributed by atoms with Crippen LogP contribution in [0.4, 0.5) is 0 Å². The van der Waals surface area contributed by atoms with E-state index in [4.69, 9.17) is 11.6 Å². The van der Waals surface area contributed by atoms with E-state index in [1.807, 2.05) is 0 Å². The van der Waals surface area contributed by atoms with Gasteiger partial charge < -0.3 is 4.79 Å². The van der Waals surface area contributed by atoms with Crippen LogP contribution in [0, 0.1) is 11.8 Å². The van der Waals surface area contributed by atoms with Crippen LogP contribution in [0.2, 0.25) is 5.02 Å². The fourth-order valence-corrected chi connectivity index (χ4v) is 1.07. The highest BCUT2D eigenvalue weighted by atomic mass is 35.5. The van der Waals surface area contributed by atoms with E-state index in [-0.39, 0.29) is 6.42 Å². The molecule has 14 heavy (non-hydrogen) atoms. The average Bonchev–Trinajstić information content (AvgIpc) is 2.21. The van der Waals surface area contributed by atoms with Gasteiger partial charge in [-0.05, 0) is 18.2 Å². The van der Waals surface area contributed by atoms with Crippen LogP contribution in [0.5, 0.6) is 0 Å². The standard InChI is InChI=1S/C11H7ClO2/c12-11-5-4-9(3-1-2-6-13)7-10(11)8-14/h4-8H,2H2. The summed E-state index contributed by atoms with van der Waals surface area (Å²) >= 11 is 5.72. The third-order valence-electron chi connectivity index (χ3n) is 1.54. The molecule has 0 spiro atoms. The van der Waals surface area contributed by atoms with Crippen LogP contribution in [0.1, 0.15) is 22.3 Å². The minimum absolute atomic E-state index is 0.194. The average molecular weight is 207 g/mol. The first-order valence-corrected chi connectivity index (χ1v) is 4.33. The number of hydrogen-bond donors (Lipinski definition) is 0. The molecule has 0 aliphatic rings. The van der Waals surface area contributed by atoms with Gasteiger partial charge >= 0.3 is 0 Å². The highest BCUT2D eigenvalue weighted by Crippen LogP contribution is 2.14. The van der Waals surface area contributed by atoms with E-state index in [9.17, 15) is 9.59 Å². The minimum Gasteiger partial charge on any atom is -0.302 e. The van der Waals surface area contributed by atoms with E-state index in [1.165, 1.54) is 0 Å². The van der Waals surface area contributed by atoms with Gasteiger partial charge in [-0.25, -0.2) is 0 Å². The van der Waals surface area contributed by atoms with Crippen molar-refractivity contribution in [2.24, 2.45) is 0 Å². The maximum atomic E-state index is 10.5. The van der Waals surface area contributed by atoms with Crippen LogP contribution in [-0.2, 0) is 4.79 Å². The monoisotopic (exact) mass is 206 g/mol. The van der Waals surface area contributed by atoms with Crippen molar-refractivity contribution in [2.75, 3.05) is 0 Å². The maximum Gasteiger partial charge on any atom is 0.151 e. The molecule has 0 fully saturated rings. The molecule has 0 atom stereocenters. The molecule has 0 N–H and O–H groups in total. The van der Waals surface area contributed by atoms with Crippen LogP contribution in [0.25, 0.3) is 0 Å². The maximum absolute atomic E-state index is 10.5. The lowest BCUT2D eigenvalue weighted by atomic mass is 10.1. The van der Waals surface area contributed by atoms with Gasteiger partial charge in [-0.2, -0.15) is 0 Å². The molecule has 0 aliphatic heterocycles. The second-order valence-corrected chi connectivity index (χ2v) is 2.93. The summed E-state index contributed by atoms with van der Waals surface area (Å²) < 4.78 is 0. The predicted octanol–water partition coefficient (Wildman–Crippen LogP) is 2.09. The lowest BCUT2D eigenvalue weighted by molar-refractivity contribution is -0.107. The van der Waals surface area contributed by atoms with Crippen molar-refractivity contribution >= 4 is 24.2 Å². The summed E-state index contributed by atoms with van der Waals surface area (Å²) in [5.41, 5.74) is 1.09. The number of carbonyl (C=O) groups is 2. The molecular formula is C11H7ClO2. The van der Waals surface area contributed by atoms with Gasteiger partial charge in [0.15, 0.2) is 6.29 Å². The Morgan fingerprint density at radius 2 is 2.14 bits per heavy atom. The van der Waals surface area contributed by atoms with Gasteiger partial charge in [0.2, 0.25) is 0 Å². The largest absolute Gasteiger partial charge is 0.302 e. The molecular weight excluding hydrogens is 200 g/mol. The van der Waals surface area contributed by atoms with Gasteiger partial charge in [-0.1, -0.05) is 23.4 Å². The fraction of sp³-hybridized carbons (Fsp3) is 0.0909. The first kappa shape index (κ1) is 10.5. The zero-order valence-corrected chi connectivity index (χ0v) is 8.04. The normalized spacial score (nSPS) is 8.64. The van der Waals surface area contributed by atoms with E-state index in [0.717, 1.165) is 6.29 Å². The molecule has 0 saturated carbocycles. The Balaban J connectivity index is 2.96. The van der Waals surface area contributed by atoms with Gasteiger partial charge in [-0.3, -0.25) is 4.79 Å². The molecule has 0 aliphatic carbocycles. The highest BCUT2D eigenvalue weighted by molar-refractivity contribution is 6.32. The van der Waals surface area contributed by atoms with Crippen LogP contribution in [-0.4, -0.2) is 12.6 Å². The van der Waals surface area contributed by atoms with Crippen molar-refractivity contribution < 1.29 is 9.59 Å². The summed E-state index contributed by atoms with van der Waals surface area (Å²) in [6.45, 7) is 0. The lowest BCUT2D eigenvalue weighted by Crippen LogP contribution is -1.83. The zero-order valence-electron chi connectivity index (χ0n) is 7.29. The first-order chi connectivity index (χ1) is 6.77. The Kier molecular flexibility index (Phi) is 3.90. The third-order valence-corrected chi connectivity index (χ3v) is 1.89. The third kappa shape index (κ3) is 2.72. The highest BCUT2D eigenvalue weighted by Gasteiger charge is 1.98. The van der Waals surface area contributed by atoms with Crippen LogP contribution in [0.15, 0.2) is 18.2 Å². The van der Waals surface area contributed by atoms with Crippen LogP contribution < -0.4 is 0 Å². The Morgan fingerprint density at radius 1 is 1.36 bits per heavy atom. The van der Waals surface area contributed by atoms with Crippen molar-refractivity contribution in [1.29, 1.82) is 0 Å². The summed E-state index contributed by atoms with van der Waals surface area (Å²) in [4.78, 5) is 20.5. The smallest absolute Gasteiger partial charge is 0.151 e. The fourth-order valence-electron chi connectivity index (χ4n) is 0.907. The van der Waals surface area contributed by atoms with E-state index in [1.54, 1.807) is 18.2 Å². The number of halogens is 1. The molecule has 0 bridgehead atoms. The second kappa shape index (κ2) is 5.21. The summed E-state index contributed by atoms with van der Waals surface area (Å²) in [6, 6.07) is 4.90. The predicted molar refractivity (Wildman–Crippen MR) is 54.4 cm³/mol. The van der Waals surface area contributed by atoms with Gasteiger partial charge in [-0.15, -0.1) is 0 Å². The van der Waals surface area contributed by atoms with Crippen molar-refractivity contribution in [2.45, 2.75) is 6.42 Å². The topological polar surface area (TPSA) is 34.1 Å². The molecule has 1 aromatic carbocycles. The summed E-state index contributed by atoms with van der Waals surface area (Å²) in [7, 11) is 0. The minimum atomic E-state index is 0.194. The molecule has 0 radical (unpaired) electrons. The summed E-state index contributed by atoms with van der Waals surface area (Å²) in [5.74, 6) is 5.39. The Hall–Kier alpha value is -1.59.